The molecule has 1 aromatic carbocycles. The molecular weight excluding hydrogens is 288 g/mol. The number of rotatable bonds is 4. The molecule has 5 heteroatoms. The molecule has 1 aliphatic rings. The minimum Gasteiger partial charge on any atom is -0.330 e. The molecule has 3 rings (SSSR count). The van der Waals surface area contributed by atoms with Crippen LogP contribution in [0.3, 0.4) is 0 Å². The Balaban J connectivity index is 1.80. The molecule has 124 valence electrons. The van der Waals surface area contributed by atoms with Crippen molar-refractivity contribution in [3.05, 3.63) is 24.0 Å². The SMILES string of the molecule is CCC(=O)Nc1ccc2c(c1)nc(CN1CCCCCC1)n2C. The van der Waals surface area contributed by atoms with E-state index in [4.69, 9.17) is 4.98 Å². The lowest BCUT2D eigenvalue weighted by molar-refractivity contribution is -0.115. The molecule has 23 heavy (non-hydrogen) atoms. The highest BCUT2D eigenvalue weighted by Gasteiger charge is 2.14. The number of hydrogen-bond acceptors (Lipinski definition) is 3. The van der Waals surface area contributed by atoms with Crippen LogP contribution in [-0.2, 0) is 18.4 Å². The smallest absolute Gasteiger partial charge is 0.224 e. The zero-order chi connectivity index (χ0) is 16.2. The van der Waals surface area contributed by atoms with Gasteiger partial charge < -0.3 is 9.88 Å². The number of carbonyl (C=O) groups excluding carboxylic acids is 1. The molecule has 2 aromatic rings. The summed E-state index contributed by atoms with van der Waals surface area (Å²) in [5.74, 6) is 1.13. The van der Waals surface area contributed by atoms with E-state index in [2.05, 4.69) is 21.8 Å². The summed E-state index contributed by atoms with van der Waals surface area (Å²) in [6.45, 7) is 5.10. The normalized spacial score (nSPS) is 16.4. The Morgan fingerprint density at radius 3 is 2.65 bits per heavy atom. The van der Waals surface area contributed by atoms with Gasteiger partial charge in [0.05, 0.1) is 17.6 Å². The standard InChI is InChI=1S/C18H26N4O/c1-3-18(23)19-14-8-9-16-15(12-14)20-17(21(16)2)13-22-10-6-4-5-7-11-22/h8-9,12H,3-7,10-11,13H2,1-2H3,(H,19,23). The van der Waals surface area contributed by atoms with Crippen LogP contribution in [0.1, 0.15) is 44.9 Å². The molecular formula is C18H26N4O. The molecule has 0 spiro atoms. The Bertz CT molecular complexity index is 684. The van der Waals surface area contributed by atoms with Gasteiger partial charge in [0.15, 0.2) is 0 Å². The summed E-state index contributed by atoms with van der Waals surface area (Å²) in [5.41, 5.74) is 2.89. The maximum Gasteiger partial charge on any atom is 0.224 e. The summed E-state index contributed by atoms with van der Waals surface area (Å²) in [6.07, 6.45) is 5.76. The van der Waals surface area contributed by atoms with Crippen molar-refractivity contribution >= 4 is 22.6 Å². The maximum atomic E-state index is 11.5. The third kappa shape index (κ3) is 3.72. The summed E-state index contributed by atoms with van der Waals surface area (Å²) < 4.78 is 2.17. The van der Waals surface area contributed by atoms with E-state index in [1.165, 1.54) is 38.8 Å². The molecule has 1 amide bonds. The Morgan fingerprint density at radius 2 is 1.96 bits per heavy atom. The van der Waals surface area contributed by atoms with Crippen molar-refractivity contribution < 1.29 is 4.79 Å². The van der Waals surface area contributed by atoms with Crippen molar-refractivity contribution in [3.63, 3.8) is 0 Å². The molecule has 0 atom stereocenters. The summed E-state index contributed by atoms with van der Waals surface area (Å²) in [4.78, 5) is 18.8. The van der Waals surface area contributed by atoms with Crippen molar-refractivity contribution in [2.24, 2.45) is 7.05 Å². The summed E-state index contributed by atoms with van der Waals surface area (Å²) in [6, 6.07) is 5.96. The average molecular weight is 314 g/mol. The molecule has 1 saturated heterocycles. The second-order valence-corrected chi connectivity index (χ2v) is 6.38. The van der Waals surface area contributed by atoms with Gasteiger partial charge in [-0.2, -0.15) is 0 Å². The fourth-order valence-corrected chi connectivity index (χ4v) is 3.21. The van der Waals surface area contributed by atoms with Crippen LogP contribution in [0.15, 0.2) is 18.2 Å². The first-order valence-corrected chi connectivity index (χ1v) is 8.65. The number of amides is 1. The van der Waals surface area contributed by atoms with Gasteiger partial charge in [-0.15, -0.1) is 0 Å². The number of anilines is 1. The fourth-order valence-electron chi connectivity index (χ4n) is 3.21. The van der Waals surface area contributed by atoms with Crippen LogP contribution >= 0.6 is 0 Å². The lowest BCUT2D eigenvalue weighted by Crippen LogP contribution is -2.25. The number of hydrogen-bond donors (Lipinski definition) is 1. The van der Waals surface area contributed by atoms with Crippen LogP contribution in [-0.4, -0.2) is 33.4 Å². The number of nitrogens with zero attached hydrogens (tertiary/aromatic N) is 3. The first-order valence-electron chi connectivity index (χ1n) is 8.65. The van der Waals surface area contributed by atoms with E-state index >= 15 is 0 Å². The van der Waals surface area contributed by atoms with Crippen LogP contribution in [0.5, 0.6) is 0 Å². The van der Waals surface area contributed by atoms with Crippen LogP contribution in [0, 0.1) is 0 Å². The number of nitrogens with one attached hydrogen (secondary N) is 1. The maximum absolute atomic E-state index is 11.5. The Hall–Kier alpha value is -1.88. The first kappa shape index (κ1) is 16.0. The third-order valence-electron chi connectivity index (χ3n) is 4.64. The lowest BCUT2D eigenvalue weighted by Gasteiger charge is -2.19. The molecule has 1 aromatic heterocycles. The largest absolute Gasteiger partial charge is 0.330 e. The number of benzene rings is 1. The van der Waals surface area contributed by atoms with Crippen molar-refractivity contribution in [2.75, 3.05) is 18.4 Å². The Labute approximate surface area is 137 Å². The van der Waals surface area contributed by atoms with Gasteiger partial charge in [0, 0.05) is 19.2 Å². The van der Waals surface area contributed by atoms with Gasteiger partial charge in [-0.3, -0.25) is 9.69 Å². The van der Waals surface area contributed by atoms with E-state index < -0.39 is 0 Å². The molecule has 1 aliphatic heterocycles. The highest BCUT2D eigenvalue weighted by Crippen LogP contribution is 2.21. The second-order valence-electron chi connectivity index (χ2n) is 6.38. The molecule has 1 fully saturated rings. The number of imidazole rings is 1. The predicted molar refractivity (Wildman–Crippen MR) is 93.4 cm³/mol. The van der Waals surface area contributed by atoms with Crippen molar-refractivity contribution in [1.29, 1.82) is 0 Å². The second kappa shape index (κ2) is 7.13. The van der Waals surface area contributed by atoms with E-state index in [9.17, 15) is 4.79 Å². The molecule has 0 unspecified atom stereocenters. The highest BCUT2D eigenvalue weighted by atomic mass is 16.1. The van der Waals surface area contributed by atoms with Crippen molar-refractivity contribution in [3.8, 4) is 0 Å². The van der Waals surface area contributed by atoms with Crippen LogP contribution in [0.25, 0.3) is 11.0 Å². The topological polar surface area (TPSA) is 50.2 Å². The zero-order valence-corrected chi connectivity index (χ0v) is 14.1. The van der Waals surface area contributed by atoms with E-state index in [1.54, 1.807) is 0 Å². The number of fused-ring (bicyclic) bond motifs is 1. The summed E-state index contributed by atoms with van der Waals surface area (Å²) >= 11 is 0. The van der Waals surface area contributed by atoms with Crippen molar-refractivity contribution in [1.82, 2.24) is 14.5 Å². The van der Waals surface area contributed by atoms with E-state index in [-0.39, 0.29) is 5.91 Å². The van der Waals surface area contributed by atoms with Crippen LogP contribution in [0.4, 0.5) is 5.69 Å². The minimum atomic E-state index is 0.0325. The minimum absolute atomic E-state index is 0.0325. The average Bonchev–Trinajstić information content (AvgIpc) is 2.72. The Morgan fingerprint density at radius 1 is 1.22 bits per heavy atom. The first-order chi connectivity index (χ1) is 11.2. The van der Waals surface area contributed by atoms with Gasteiger partial charge >= 0.3 is 0 Å². The summed E-state index contributed by atoms with van der Waals surface area (Å²) in [7, 11) is 2.08. The van der Waals surface area contributed by atoms with Gasteiger partial charge in [-0.1, -0.05) is 19.8 Å². The quantitative estimate of drug-likeness (QED) is 0.942. The predicted octanol–water partition coefficient (Wildman–Crippen LogP) is 3.30. The number of carbonyl (C=O) groups is 1. The van der Waals surface area contributed by atoms with Crippen LogP contribution in [0.2, 0.25) is 0 Å². The number of aryl methyl sites for hydroxylation is 1. The fraction of sp³-hybridized carbons (Fsp3) is 0.556. The molecule has 2 heterocycles. The Kier molecular flexibility index (Phi) is 4.96. The molecule has 0 radical (unpaired) electrons. The number of likely N-dealkylation sites (tertiary alicyclic amines) is 1. The van der Waals surface area contributed by atoms with Gasteiger partial charge in [-0.25, -0.2) is 4.98 Å². The van der Waals surface area contributed by atoms with E-state index in [1.807, 2.05) is 25.1 Å². The molecule has 5 nitrogen and oxygen atoms in total. The molecule has 1 N–H and O–H groups in total. The van der Waals surface area contributed by atoms with Gasteiger partial charge in [0.2, 0.25) is 5.91 Å². The highest BCUT2D eigenvalue weighted by molar-refractivity contribution is 5.92. The molecule has 0 saturated carbocycles. The summed E-state index contributed by atoms with van der Waals surface area (Å²) in [5, 5.41) is 2.90. The van der Waals surface area contributed by atoms with Gasteiger partial charge in [-0.05, 0) is 44.1 Å². The monoisotopic (exact) mass is 314 g/mol. The zero-order valence-electron chi connectivity index (χ0n) is 14.1. The van der Waals surface area contributed by atoms with E-state index in [0.717, 1.165) is 29.1 Å². The third-order valence-corrected chi connectivity index (χ3v) is 4.64. The van der Waals surface area contributed by atoms with Gasteiger partial charge in [0.25, 0.3) is 0 Å². The van der Waals surface area contributed by atoms with Gasteiger partial charge in [0.1, 0.15) is 5.82 Å². The lowest BCUT2D eigenvalue weighted by atomic mass is 10.2. The number of aromatic nitrogens is 2. The van der Waals surface area contributed by atoms with Crippen molar-refractivity contribution in [2.45, 2.75) is 45.6 Å². The van der Waals surface area contributed by atoms with E-state index in [0.29, 0.717) is 6.42 Å². The molecule has 0 bridgehead atoms. The van der Waals surface area contributed by atoms with Crippen LogP contribution < -0.4 is 5.32 Å². The molecule has 0 aliphatic carbocycles.